The Morgan fingerprint density at radius 3 is 2.89 bits per heavy atom. The van der Waals surface area contributed by atoms with E-state index in [4.69, 9.17) is 22.1 Å². The van der Waals surface area contributed by atoms with Gasteiger partial charge in [-0.25, -0.2) is 0 Å². The molecule has 0 bridgehead atoms. The number of methoxy groups -OCH3 is 1. The van der Waals surface area contributed by atoms with Gasteiger partial charge in [-0.1, -0.05) is 31.4 Å². The molecule has 2 unspecified atom stereocenters. The van der Waals surface area contributed by atoms with E-state index in [2.05, 4.69) is 6.92 Å². The Bertz CT molecular complexity index is 489. The van der Waals surface area contributed by atoms with Crippen LogP contribution in [-0.2, 0) is 0 Å². The topological polar surface area (TPSA) is 52.3 Å². The van der Waals surface area contributed by atoms with Crippen LogP contribution in [0, 0.1) is 5.92 Å². The summed E-state index contributed by atoms with van der Waals surface area (Å²) in [4.78, 5) is 12.7. The maximum atomic E-state index is 12.7. The Morgan fingerprint density at radius 2 is 2.26 bits per heavy atom. The molecule has 0 saturated heterocycles. The Labute approximate surface area is 119 Å². The molecule has 0 aliphatic heterocycles. The Hall–Kier alpha value is -1.06. The molecule has 19 heavy (non-hydrogen) atoms. The molecule has 3 nitrogen and oxygen atoms in total. The van der Waals surface area contributed by atoms with Gasteiger partial charge in [0, 0.05) is 5.02 Å². The molecule has 2 rings (SSSR count). The van der Waals surface area contributed by atoms with Crippen LogP contribution in [0.3, 0.4) is 0 Å². The maximum Gasteiger partial charge on any atom is 0.186 e. The summed E-state index contributed by atoms with van der Waals surface area (Å²) in [6.45, 7) is 2.14. The van der Waals surface area contributed by atoms with E-state index in [1.54, 1.807) is 25.3 Å². The zero-order valence-corrected chi connectivity index (χ0v) is 12.2. The van der Waals surface area contributed by atoms with E-state index in [0.29, 0.717) is 22.3 Å². The zero-order valence-electron chi connectivity index (χ0n) is 11.4. The lowest BCUT2D eigenvalue weighted by Gasteiger charge is -2.35. The van der Waals surface area contributed by atoms with Gasteiger partial charge in [0.25, 0.3) is 0 Å². The summed E-state index contributed by atoms with van der Waals surface area (Å²) in [6.07, 6.45) is 3.58. The van der Waals surface area contributed by atoms with Crippen molar-refractivity contribution < 1.29 is 9.53 Å². The van der Waals surface area contributed by atoms with Gasteiger partial charge in [-0.2, -0.15) is 0 Å². The third kappa shape index (κ3) is 2.93. The molecule has 2 atom stereocenters. The average molecular weight is 282 g/mol. The second kappa shape index (κ2) is 5.51. The first-order valence-corrected chi connectivity index (χ1v) is 7.01. The Balaban J connectivity index is 2.35. The van der Waals surface area contributed by atoms with Gasteiger partial charge >= 0.3 is 0 Å². The Kier molecular flexibility index (Phi) is 4.16. The Morgan fingerprint density at radius 1 is 1.53 bits per heavy atom. The summed E-state index contributed by atoms with van der Waals surface area (Å²) in [6, 6.07) is 5.08. The lowest BCUT2D eigenvalue weighted by atomic mass is 9.73. The van der Waals surface area contributed by atoms with Crippen molar-refractivity contribution >= 4 is 17.4 Å². The van der Waals surface area contributed by atoms with Crippen LogP contribution in [0.15, 0.2) is 18.2 Å². The van der Waals surface area contributed by atoms with Crippen LogP contribution in [0.5, 0.6) is 5.75 Å². The van der Waals surface area contributed by atoms with Gasteiger partial charge in [-0.05, 0) is 37.0 Å². The molecule has 0 radical (unpaired) electrons. The lowest BCUT2D eigenvalue weighted by Crippen LogP contribution is -2.51. The molecule has 2 N–H and O–H groups in total. The van der Waals surface area contributed by atoms with Crippen LogP contribution < -0.4 is 10.5 Å². The third-order valence-corrected chi connectivity index (χ3v) is 4.13. The molecule has 1 aliphatic carbocycles. The predicted octanol–water partition coefficient (Wildman–Crippen LogP) is 3.44. The normalized spacial score (nSPS) is 27.1. The minimum absolute atomic E-state index is 0.0570. The molecule has 104 valence electrons. The van der Waals surface area contributed by atoms with Gasteiger partial charge in [-0.3, -0.25) is 4.79 Å². The van der Waals surface area contributed by atoms with Crippen molar-refractivity contribution in [3.8, 4) is 5.75 Å². The second-order valence-electron chi connectivity index (χ2n) is 5.53. The number of halogens is 1. The van der Waals surface area contributed by atoms with Gasteiger partial charge in [0.05, 0.1) is 18.2 Å². The molecule has 0 spiro atoms. The monoisotopic (exact) mass is 281 g/mol. The average Bonchev–Trinajstić information content (AvgIpc) is 2.37. The number of Topliss-reactive ketones (excluding diaryl/α,β-unsaturated/α-hetero) is 1. The van der Waals surface area contributed by atoms with E-state index >= 15 is 0 Å². The molecule has 1 saturated carbocycles. The van der Waals surface area contributed by atoms with E-state index in [0.717, 1.165) is 25.7 Å². The van der Waals surface area contributed by atoms with Crippen LogP contribution in [-0.4, -0.2) is 18.4 Å². The van der Waals surface area contributed by atoms with Gasteiger partial charge < -0.3 is 10.5 Å². The predicted molar refractivity (Wildman–Crippen MR) is 76.9 cm³/mol. The molecule has 0 aromatic heterocycles. The summed E-state index contributed by atoms with van der Waals surface area (Å²) in [5.74, 6) is 0.962. The van der Waals surface area contributed by atoms with E-state index in [-0.39, 0.29) is 5.78 Å². The highest BCUT2D eigenvalue weighted by Crippen LogP contribution is 2.35. The third-order valence-electron chi connectivity index (χ3n) is 3.89. The van der Waals surface area contributed by atoms with Crippen molar-refractivity contribution in [2.24, 2.45) is 11.7 Å². The smallest absolute Gasteiger partial charge is 0.186 e. The molecule has 1 aromatic carbocycles. The number of rotatable bonds is 3. The summed E-state index contributed by atoms with van der Waals surface area (Å²) < 4.78 is 5.25. The fraction of sp³-hybridized carbons (Fsp3) is 0.533. The number of nitrogens with two attached hydrogens (primary N) is 1. The first-order valence-electron chi connectivity index (χ1n) is 6.63. The van der Waals surface area contributed by atoms with Crippen molar-refractivity contribution in [2.75, 3.05) is 7.11 Å². The van der Waals surface area contributed by atoms with Crippen LogP contribution >= 0.6 is 11.6 Å². The molecule has 1 fully saturated rings. The molecule has 1 aromatic rings. The highest BCUT2D eigenvalue weighted by molar-refractivity contribution is 6.31. The number of hydrogen-bond acceptors (Lipinski definition) is 3. The van der Waals surface area contributed by atoms with Crippen LogP contribution in [0.2, 0.25) is 5.02 Å². The number of hydrogen-bond donors (Lipinski definition) is 1. The maximum absolute atomic E-state index is 12.7. The minimum atomic E-state index is -0.782. The molecule has 0 heterocycles. The summed E-state index contributed by atoms with van der Waals surface area (Å²) >= 11 is 5.98. The van der Waals surface area contributed by atoms with Gasteiger partial charge in [-0.15, -0.1) is 0 Å². The number of benzene rings is 1. The van der Waals surface area contributed by atoms with Crippen molar-refractivity contribution in [3.05, 3.63) is 28.8 Å². The summed E-state index contributed by atoms with van der Waals surface area (Å²) in [5.41, 5.74) is 6.06. The van der Waals surface area contributed by atoms with Crippen LogP contribution in [0.1, 0.15) is 43.0 Å². The number of ketones is 1. The zero-order chi connectivity index (χ0) is 14.0. The van der Waals surface area contributed by atoms with Crippen molar-refractivity contribution in [2.45, 2.75) is 38.1 Å². The van der Waals surface area contributed by atoms with Gasteiger partial charge in [0.2, 0.25) is 0 Å². The van der Waals surface area contributed by atoms with E-state index < -0.39 is 5.54 Å². The highest BCUT2D eigenvalue weighted by atomic mass is 35.5. The molecular weight excluding hydrogens is 262 g/mol. The first-order chi connectivity index (χ1) is 8.96. The largest absolute Gasteiger partial charge is 0.496 e. The van der Waals surface area contributed by atoms with Crippen LogP contribution in [0.4, 0.5) is 0 Å². The number of ether oxygens (including phenoxy) is 1. The minimum Gasteiger partial charge on any atom is -0.496 e. The first kappa shape index (κ1) is 14.4. The van der Waals surface area contributed by atoms with Crippen molar-refractivity contribution in [1.82, 2.24) is 0 Å². The second-order valence-corrected chi connectivity index (χ2v) is 5.97. The van der Waals surface area contributed by atoms with E-state index in [9.17, 15) is 4.79 Å². The fourth-order valence-electron chi connectivity index (χ4n) is 2.92. The molecule has 0 amide bonds. The van der Waals surface area contributed by atoms with E-state index in [1.165, 1.54) is 0 Å². The SMILES string of the molecule is COc1ccc(Cl)cc1C(=O)C1(N)CCCC(C)C1. The highest BCUT2D eigenvalue weighted by Gasteiger charge is 2.39. The summed E-state index contributed by atoms with van der Waals surface area (Å²) in [7, 11) is 1.55. The molecule has 1 aliphatic rings. The van der Waals surface area contributed by atoms with Gasteiger partial charge in [0.1, 0.15) is 5.75 Å². The molecular formula is C15H20ClNO2. The van der Waals surface area contributed by atoms with Crippen LogP contribution in [0.25, 0.3) is 0 Å². The summed E-state index contributed by atoms with van der Waals surface area (Å²) in [5, 5.41) is 0.525. The lowest BCUT2D eigenvalue weighted by molar-refractivity contribution is 0.0816. The van der Waals surface area contributed by atoms with Crippen molar-refractivity contribution in [3.63, 3.8) is 0 Å². The standard InChI is InChI=1S/C15H20ClNO2/c1-10-4-3-7-15(17,9-10)14(18)12-8-11(16)5-6-13(12)19-2/h5-6,8,10H,3-4,7,9,17H2,1-2H3. The quantitative estimate of drug-likeness (QED) is 0.864. The van der Waals surface area contributed by atoms with E-state index in [1.807, 2.05) is 0 Å². The number of carbonyl (C=O) groups excluding carboxylic acids is 1. The number of carbonyl (C=O) groups is 1. The fourth-order valence-corrected chi connectivity index (χ4v) is 3.10. The van der Waals surface area contributed by atoms with Gasteiger partial charge in [0.15, 0.2) is 5.78 Å². The van der Waals surface area contributed by atoms with Crippen molar-refractivity contribution in [1.29, 1.82) is 0 Å². The molecule has 4 heteroatoms.